The van der Waals surface area contributed by atoms with E-state index in [4.69, 9.17) is 4.74 Å². The molecule has 0 amide bonds. The first-order valence-electron chi connectivity index (χ1n) is 7.55. The van der Waals surface area contributed by atoms with Crippen LogP contribution in [0.25, 0.3) is 0 Å². The van der Waals surface area contributed by atoms with Gasteiger partial charge in [0.2, 0.25) is 0 Å². The summed E-state index contributed by atoms with van der Waals surface area (Å²) >= 11 is 0. The van der Waals surface area contributed by atoms with Crippen LogP contribution in [-0.2, 0) is 30.7 Å². The number of benzene rings is 1. The van der Waals surface area contributed by atoms with Gasteiger partial charge in [-0.25, -0.2) is 4.98 Å². The standard InChI is InChI=1S/C16H14F2N2O4/c17-16(18)23-13-2-1-10(7-14(13)24-16)3-5-20-9-19-12-4-6-22-8-11(12)15(20)21/h1-2,7,9H,3-6,8H2. The molecule has 0 fully saturated rings. The van der Waals surface area contributed by atoms with Crippen LogP contribution in [0, 0.1) is 0 Å². The van der Waals surface area contributed by atoms with Crippen LogP contribution in [0.15, 0.2) is 29.3 Å². The predicted molar refractivity (Wildman–Crippen MR) is 78.2 cm³/mol. The number of hydrogen-bond donors (Lipinski definition) is 0. The zero-order valence-electron chi connectivity index (χ0n) is 12.6. The molecule has 24 heavy (non-hydrogen) atoms. The number of nitrogens with zero attached hydrogens (tertiary/aromatic N) is 2. The number of hydrogen-bond acceptors (Lipinski definition) is 5. The molecule has 0 aliphatic carbocycles. The third-order valence-electron chi connectivity index (χ3n) is 4.06. The van der Waals surface area contributed by atoms with E-state index >= 15 is 0 Å². The van der Waals surface area contributed by atoms with Gasteiger partial charge in [-0.15, -0.1) is 8.78 Å². The van der Waals surface area contributed by atoms with Crippen molar-refractivity contribution in [2.24, 2.45) is 0 Å². The highest BCUT2D eigenvalue weighted by Gasteiger charge is 2.43. The molecular formula is C16H14F2N2O4. The molecule has 1 aromatic carbocycles. The first-order valence-corrected chi connectivity index (χ1v) is 7.55. The van der Waals surface area contributed by atoms with E-state index in [1.165, 1.54) is 23.0 Å². The SMILES string of the molecule is O=c1c2c(ncn1CCc1ccc3c(c1)OC(F)(F)O3)CCOC2. The molecule has 1 aromatic heterocycles. The van der Waals surface area contributed by atoms with Crippen molar-refractivity contribution in [3.8, 4) is 11.5 Å². The Morgan fingerprint density at radius 3 is 2.96 bits per heavy atom. The Hall–Kier alpha value is -2.48. The monoisotopic (exact) mass is 336 g/mol. The second kappa shape index (κ2) is 5.55. The molecule has 0 atom stereocenters. The minimum atomic E-state index is -3.62. The highest BCUT2D eigenvalue weighted by atomic mass is 19.3. The molecule has 0 saturated carbocycles. The lowest BCUT2D eigenvalue weighted by Crippen LogP contribution is -2.30. The lowest BCUT2D eigenvalue weighted by Gasteiger charge is -2.16. The Labute approximate surface area is 135 Å². The minimum Gasteiger partial charge on any atom is -0.395 e. The van der Waals surface area contributed by atoms with Crippen molar-refractivity contribution < 1.29 is 23.0 Å². The van der Waals surface area contributed by atoms with Crippen LogP contribution < -0.4 is 15.0 Å². The summed E-state index contributed by atoms with van der Waals surface area (Å²) in [6, 6.07) is 4.60. The summed E-state index contributed by atoms with van der Waals surface area (Å²) < 4.78 is 41.7. The lowest BCUT2D eigenvalue weighted by atomic mass is 10.1. The summed E-state index contributed by atoms with van der Waals surface area (Å²) in [6.07, 6.45) is -0.987. The van der Waals surface area contributed by atoms with Crippen LogP contribution in [0.5, 0.6) is 11.5 Å². The zero-order valence-corrected chi connectivity index (χ0v) is 12.6. The highest BCUT2D eigenvalue weighted by Crippen LogP contribution is 2.41. The molecule has 0 N–H and O–H groups in total. The molecule has 2 aliphatic rings. The summed E-state index contributed by atoms with van der Waals surface area (Å²) in [6.45, 7) is 1.24. The van der Waals surface area contributed by atoms with Gasteiger partial charge in [0.25, 0.3) is 5.56 Å². The fourth-order valence-corrected chi connectivity index (χ4v) is 2.83. The van der Waals surface area contributed by atoms with Crippen LogP contribution in [0.3, 0.4) is 0 Å². The van der Waals surface area contributed by atoms with Gasteiger partial charge >= 0.3 is 6.29 Å². The van der Waals surface area contributed by atoms with Crippen LogP contribution in [-0.4, -0.2) is 22.5 Å². The fraction of sp³-hybridized carbons (Fsp3) is 0.375. The molecule has 6 nitrogen and oxygen atoms in total. The van der Waals surface area contributed by atoms with Crippen molar-refractivity contribution in [3.05, 3.63) is 51.7 Å². The average molecular weight is 336 g/mol. The van der Waals surface area contributed by atoms with Crippen molar-refractivity contribution in [1.82, 2.24) is 9.55 Å². The lowest BCUT2D eigenvalue weighted by molar-refractivity contribution is -0.286. The van der Waals surface area contributed by atoms with Gasteiger partial charge in [0, 0.05) is 13.0 Å². The van der Waals surface area contributed by atoms with E-state index in [2.05, 4.69) is 14.5 Å². The normalized spacial score (nSPS) is 17.6. The predicted octanol–water partition coefficient (Wildman–Crippen LogP) is 1.88. The molecule has 4 rings (SSSR count). The van der Waals surface area contributed by atoms with E-state index < -0.39 is 6.29 Å². The smallest absolute Gasteiger partial charge is 0.395 e. The summed E-state index contributed by atoms with van der Waals surface area (Å²) in [5.41, 5.74) is 2.02. The van der Waals surface area contributed by atoms with Crippen LogP contribution in [0.1, 0.15) is 16.8 Å². The highest BCUT2D eigenvalue weighted by molar-refractivity contribution is 5.45. The number of ether oxygens (including phenoxy) is 3. The Morgan fingerprint density at radius 2 is 2.08 bits per heavy atom. The molecular weight excluding hydrogens is 322 g/mol. The molecule has 126 valence electrons. The van der Waals surface area contributed by atoms with Gasteiger partial charge in [0.05, 0.1) is 30.8 Å². The Morgan fingerprint density at radius 1 is 1.25 bits per heavy atom. The Bertz CT molecular complexity index is 850. The third-order valence-corrected chi connectivity index (χ3v) is 4.06. The molecule has 3 heterocycles. The van der Waals surface area contributed by atoms with Crippen molar-refractivity contribution in [2.45, 2.75) is 32.3 Å². The number of alkyl halides is 2. The maximum atomic E-state index is 13.0. The van der Waals surface area contributed by atoms with E-state index in [9.17, 15) is 13.6 Å². The largest absolute Gasteiger partial charge is 0.586 e. The summed E-state index contributed by atoms with van der Waals surface area (Å²) in [5, 5.41) is 0. The first-order chi connectivity index (χ1) is 11.5. The third kappa shape index (κ3) is 2.73. The van der Waals surface area contributed by atoms with Gasteiger partial charge in [-0.1, -0.05) is 6.07 Å². The maximum absolute atomic E-state index is 13.0. The molecule has 0 bridgehead atoms. The second-order valence-corrected chi connectivity index (χ2v) is 5.67. The Balaban J connectivity index is 1.51. The first kappa shape index (κ1) is 15.1. The summed E-state index contributed by atoms with van der Waals surface area (Å²) in [5.74, 6) is 0.00956. The number of aryl methyl sites for hydroxylation is 2. The molecule has 8 heteroatoms. The van der Waals surface area contributed by atoms with Crippen molar-refractivity contribution in [3.63, 3.8) is 0 Å². The number of halogens is 2. The van der Waals surface area contributed by atoms with Crippen molar-refractivity contribution >= 4 is 0 Å². The van der Waals surface area contributed by atoms with E-state index in [0.717, 1.165) is 11.3 Å². The van der Waals surface area contributed by atoms with Crippen LogP contribution in [0.2, 0.25) is 0 Å². The number of aromatic nitrogens is 2. The van der Waals surface area contributed by atoms with Gasteiger partial charge in [0.15, 0.2) is 11.5 Å². The summed E-state index contributed by atoms with van der Waals surface area (Å²) in [7, 11) is 0. The van der Waals surface area contributed by atoms with E-state index in [1.54, 1.807) is 6.07 Å². The van der Waals surface area contributed by atoms with Crippen molar-refractivity contribution in [1.29, 1.82) is 0 Å². The van der Waals surface area contributed by atoms with Gasteiger partial charge in [-0.2, -0.15) is 0 Å². The topological polar surface area (TPSA) is 62.6 Å². The molecule has 2 aromatic rings. The second-order valence-electron chi connectivity index (χ2n) is 5.67. The molecule has 2 aliphatic heterocycles. The molecule has 0 unspecified atom stereocenters. The Kier molecular flexibility index (Phi) is 3.49. The van der Waals surface area contributed by atoms with E-state index in [-0.39, 0.29) is 23.7 Å². The molecule has 0 spiro atoms. The van der Waals surface area contributed by atoms with Gasteiger partial charge in [-0.05, 0) is 24.1 Å². The van der Waals surface area contributed by atoms with Gasteiger partial charge in [0.1, 0.15) is 0 Å². The maximum Gasteiger partial charge on any atom is 0.586 e. The van der Waals surface area contributed by atoms with Crippen LogP contribution >= 0.6 is 0 Å². The van der Waals surface area contributed by atoms with E-state index in [0.29, 0.717) is 31.6 Å². The number of fused-ring (bicyclic) bond motifs is 2. The summed E-state index contributed by atoms with van der Waals surface area (Å²) in [4.78, 5) is 16.7. The van der Waals surface area contributed by atoms with Crippen molar-refractivity contribution in [2.75, 3.05) is 6.61 Å². The average Bonchev–Trinajstić information content (AvgIpc) is 2.87. The zero-order chi connectivity index (χ0) is 16.7. The van der Waals surface area contributed by atoms with Gasteiger partial charge < -0.3 is 14.2 Å². The van der Waals surface area contributed by atoms with E-state index in [1.807, 2.05) is 0 Å². The van der Waals surface area contributed by atoms with Gasteiger partial charge in [-0.3, -0.25) is 9.36 Å². The molecule has 0 saturated heterocycles. The quantitative estimate of drug-likeness (QED) is 0.856. The molecule has 0 radical (unpaired) electrons. The van der Waals surface area contributed by atoms with Crippen LogP contribution in [0.4, 0.5) is 8.78 Å². The fourth-order valence-electron chi connectivity index (χ4n) is 2.83. The minimum absolute atomic E-state index is 0.00168. The number of rotatable bonds is 3.